The van der Waals surface area contributed by atoms with Gasteiger partial charge in [-0.2, -0.15) is 0 Å². The van der Waals surface area contributed by atoms with Crippen LogP contribution >= 0.6 is 15.9 Å². The Kier molecular flexibility index (Phi) is 6.26. The second kappa shape index (κ2) is 7.83. The second-order valence-electron chi connectivity index (χ2n) is 7.24. The topological polar surface area (TPSA) is 49.8 Å². The molecule has 0 bridgehead atoms. The summed E-state index contributed by atoms with van der Waals surface area (Å²) in [6.07, 6.45) is 0.888. The Balaban J connectivity index is 2.04. The Morgan fingerprint density at radius 3 is 2.71 bits per heavy atom. The summed E-state index contributed by atoms with van der Waals surface area (Å²) < 4.78 is 20.1. The van der Waals surface area contributed by atoms with Crippen molar-refractivity contribution in [3.8, 4) is 0 Å². The molecule has 6 heteroatoms. The molecule has 0 radical (unpaired) electrons. The van der Waals surface area contributed by atoms with E-state index in [9.17, 15) is 14.3 Å². The standard InChI is InChI=1S/C18H25BrFNO3/c1-18(2,3)24-17(23)21-10-5-6-12(9-11-21)16(22)15-13(19)7-4-8-14(15)20/h4,7-8,12,16,22H,5-6,9-11H2,1-3H3. The fourth-order valence-electron chi connectivity index (χ4n) is 2.98. The number of carbonyl (C=O) groups is 1. The third kappa shape index (κ3) is 4.93. The van der Waals surface area contributed by atoms with Crippen LogP contribution in [-0.4, -0.2) is 34.8 Å². The average molecular weight is 402 g/mol. The number of hydrogen-bond acceptors (Lipinski definition) is 3. The molecule has 1 heterocycles. The van der Waals surface area contributed by atoms with Gasteiger partial charge in [-0.15, -0.1) is 0 Å². The predicted molar refractivity (Wildman–Crippen MR) is 94.2 cm³/mol. The van der Waals surface area contributed by atoms with Crippen molar-refractivity contribution in [2.45, 2.75) is 51.7 Å². The van der Waals surface area contributed by atoms with Crippen LogP contribution in [0.5, 0.6) is 0 Å². The van der Waals surface area contributed by atoms with Gasteiger partial charge >= 0.3 is 6.09 Å². The number of aliphatic hydroxyl groups is 1. The largest absolute Gasteiger partial charge is 0.444 e. The lowest BCUT2D eigenvalue weighted by Gasteiger charge is -2.27. The van der Waals surface area contributed by atoms with Crippen LogP contribution in [0.1, 0.15) is 51.7 Å². The first kappa shape index (κ1) is 19.2. The van der Waals surface area contributed by atoms with Gasteiger partial charge in [-0.3, -0.25) is 0 Å². The third-order valence-electron chi connectivity index (χ3n) is 4.17. The van der Waals surface area contributed by atoms with E-state index in [0.29, 0.717) is 29.5 Å². The summed E-state index contributed by atoms with van der Waals surface area (Å²) in [5.74, 6) is -0.504. The van der Waals surface area contributed by atoms with Gasteiger partial charge in [-0.05, 0) is 58.1 Å². The first-order valence-corrected chi connectivity index (χ1v) is 9.08. The first-order valence-electron chi connectivity index (χ1n) is 8.29. The molecule has 0 aliphatic carbocycles. The number of halogens is 2. The lowest BCUT2D eigenvalue weighted by molar-refractivity contribution is 0.0246. The molecule has 1 N–H and O–H groups in total. The summed E-state index contributed by atoms with van der Waals surface area (Å²) >= 11 is 3.32. The lowest BCUT2D eigenvalue weighted by Crippen LogP contribution is -2.37. The van der Waals surface area contributed by atoms with Crippen molar-refractivity contribution >= 4 is 22.0 Å². The van der Waals surface area contributed by atoms with Gasteiger partial charge in [0.15, 0.2) is 0 Å². The number of benzene rings is 1. The van der Waals surface area contributed by atoms with Crippen molar-refractivity contribution in [3.05, 3.63) is 34.1 Å². The van der Waals surface area contributed by atoms with E-state index in [-0.39, 0.29) is 12.0 Å². The van der Waals surface area contributed by atoms with E-state index < -0.39 is 17.5 Å². The minimum Gasteiger partial charge on any atom is -0.444 e. The molecule has 4 nitrogen and oxygen atoms in total. The first-order chi connectivity index (χ1) is 11.2. The highest BCUT2D eigenvalue weighted by atomic mass is 79.9. The van der Waals surface area contributed by atoms with Gasteiger partial charge in [-0.1, -0.05) is 22.0 Å². The van der Waals surface area contributed by atoms with Crippen LogP contribution in [0, 0.1) is 11.7 Å². The second-order valence-corrected chi connectivity index (χ2v) is 8.09. The summed E-state index contributed by atoms with van der Waals surface area (Å²) in [5.41, 5.74) is -0.228. The normalized spacial score (nSPS) is 20.4. The van der Waals surface area contributed by atoms with Gasteiger partial charge in [0.2, 0.25) is 0 Å². The van der Waals surface area contributed by atoms with Gasteiger partial charge in [0, 0.05) is 23.1 Å². The molecule has 1 aliphatic rings. The summed E-state index contributed by atoms with van der Waals surface area (Å²) in [7, 11) is 0. The molecule has 1 aromatic carbocycles. The predicted octanol–water partition coefficient (Wildman–Crippen LogP) is 4.66. The Morgan fingerprint density at radius 2 is 2.08 bits per heavy atom. The molecule has 1 aliphatic heterocycles. The van der Waals surface area contributed by atoms with E-state index in [4.69, 9.17) is 4.74 Å². The molecule has 1 aromatic rings. The lowest BCUT2D eigenvalue weighted by atomic mass is 9.89. The highest BCUT2D eigenvalue weighted by Gasteiger charge is 2.30. The minimum absolute atomic E-state index is 0.0920. The van der Waals surface area contributed by atoms with Crippen LogP contribution in [0.25, 0.3) is 0 Å². The number of nitrogens with zero attached hydrogens (tertiary/aromatic N) is 1. The Bertz CT molecular complexity index is 568. The molecule has 0 aromatic heterocycles. The summed E-state index contributed by atoms with van der Waals surface area (Å²) in [4.78, 5) is 13.9. The molecule has 1 saturated heterocycles. The molecule has 134 valence electrons. The van der Waals surface area contributed by atoms with Crippen LogP contribution in [0.2, 0.25) is 0 Å². The number of carbonyl (C=O) groups excluding carboxylic acids is 1. The van der Waals surface area contributed by atoms with Crippen molar-refractivity contribution in [1.82, 2.24) is 4.90 Å². The Morgan fingerprint density at radius 1 is 1.38 bits per heavy atom. The number of hydrogen-bond donors (Lipinski definition) is 1. The molecular weight excluding hydrogens is 377 g/mol. The summed E-state index contributed by atoms with van der Waals surface area (Å²) in [6, 6.07) is 4.69. The number of amides is 1. The zero-order chi connectivity index (χ0) is 17.9. The van der Waals surface area contributed by atoms with Crippen LogP contribution in [0.15, 0.2) is 22.7 Å². The van der Waals surface area contributed by atoms with Gasteiger partial charge in [0.25, 0.3) is 0 Å². The molecule has 24 heavy (non-hydrogen) atoms. The maximum atomic E-state index is 14.1. The van der Waals surface area contributed by atoms with Crippen LogP contribution in [0.3, 0.4) is 0 Å². The molecule has 0 spiro atoms. The smallest absolute Gasteiger partial charge is 0.410 e. The molecule has 1 fully saturated rings. The fourth-order valence-corrected chi connectivity index (χ4v) is 3.55. The number of ether oxygens (including phenoxy) is 1. The zero-order valence-corrected chi connectivity index (χ0v) is 16.0. The molecule has 1 amide bonds. The molecule has 2 atom stereocenters. The number of likely N-dealkylation sites (tertiary alicyclic amines) is 1. The van der Waals surface area contributed by atoms with Crippen molar-refractivity contribution in [2.24, 2.45) is 5.92 Å². The van der Waals surface area contributed by atoms with E-state index in [1.54, 1.807) is 17.0 Å². The van der Waals surface area contributed by atoms with E-state index in [2.05, 4.69) is 15.9 Å². The van der Waals surface area contributed by atoms with Crippen LogP contribution < -0.4 is 0 Å². The monoisotopic (exact) mass is 401 g/mol. The van der Waals surface area contributed by atoms with E-state index >= 15 is 0 Å². The zero-order valence-electron chi connectivity index (χ0n) is 14.4. The fraction of sp³-hybridized carbons (Fsp3) is 0.611. The minimum atomic E-state index is -0.890. The summed E-state index contributed by atoms with van der Waals surface area (Å²) in [6.45, 7) is 6.61. The van der Waals surface area contributed by atoms with Crippen molar-refractivity contribution in [2.75, 3.05) is 13.1 Å². The SMILES string of the molecule is CC(C)(C)OC(=O)N1CCCC(C(O)c2c(F)cccc2Br)CC1. The van der Waals surface area contributed by atoms with Crippen molar-refractivity contribution in [3.63, 3.8) is 0 Å². The van der Waals surface area contributed by atoms with E-state index in [1.807, 2.05) is 20.8 Å². The van der Waals surface area contributed by atoms with Crippen LogP contribution in [-0.2, 0) is 4.74 Å². The quantitative estimate of drug-likeness (QED) is 0.783. The van der Waals surface area contributed by atoms with E-state index in [0.717, 1.165) is 12.8 Å². The molecule has 0 saturated carbocycles. The molecule has 2 unspecified atom stereocenters. The number of aliphatic hydroxyl groups excluding tert-OH is 1. The third-order valence-corrected chi connectivity index (χ3v) is 4.86. The summed E-state index contributed by atoms with van der Waals surface area (Å²) in [5, 5.41) is 10.6. The molecular formula is C18H25BrFNO3. The van der Waals surface area contributed by atoms with Gasteiger partial charge in [0.1, 0.15) is 11.4 Å². The van der Waals surface area contributed by atoms with Crippen LogP contribution in [0.4, 0.5) is 9.18 Å². The number of rotatable bonds is 2. The maximum absolute atomic E-state index is 14.1. The Labute approximate surface area is 151 Å². The average Bonchev–Trinajstić information content (AvgIpc) is 2.71. The maximum Gasteiger partial charge on any atom is 0.410 e. The highest BCUT2D eigenvalue weighted by Crippen LogP contribution is 2.36. The Hall–Kier alpha value is -1.14. The van der Waals surface area contributed by atoms with Crippen molar-refractivity contribution in [1.29, 1.82) is 0 Å². The van der Waals surface area contributed by atoms with Gasteiger partial charge in [-0.25, -0.2) is 9.18 Å². The van der Waals surface area contributed by atoms with Gasteiger partial charge < -0.3 is 14.7 Å². The highest BCUT2D eigenvalue weighted by molar-refractivity contribution is 9.10. The van der Waals surface area contributed by atoms with Crippen molar-refractivity contribution < 1.29 is 19.0 Å². The molecule has 2 rings (SSSR count). The van der Waals surface area contributed by atoms with E-state index in [1.165, 1.54) is 6.07 Å². The van der Waals surface area contributed by atoms with Gasteiger partial charge in [0.05, 0.1) is 6.10 Å².